The van der Waals surface area contributed by atoms with Gasteiger partial charge in [-0.2, -0.15) is 0 Å². The van der Waals surface area contributed by atoms with Crippen molar-refractivity contribution >= 4 is 51.5 Å². The Morgan fingerprint density at radius 3 is 2.55 bits per heavy atom. The topological polar surface area (TPSA) is 42.3 Å². The SMILES string of the molecule is C=CCN1C(=O)S/C(=C/c2c(C)n(Cc3ccc(Cl)cc3)c3ccccc23)C1=O. The molecule has 2 aromatic carbocycles. The highest BCUT2D eigenvalue weighted by Gasteiger charge is 2.34. The summed E-state index contributed by atoms with van der Waals surface area (Å²) in [6.07, 6.45) is 3.40. The Labute approximate surface area is 178 Å². The first-order valence-corrected chi connectivity index (χ1v) is 10.4. The molecule has 1 saturated heterocycles. The molecule has 1 fully saturated rings. The van der Waals surface area contributed by atoms with Gasteiger partial charge in [0.25, 0.3) is 11.1 Å². The first-order valence-electron chi connectivity index (χ1n) is 9.18. The first kappa shape index (κ1) is 19.6. The van der Waals surface area contributed by atoms with Crippen molar-refractivity contribution in [1.82, 2.24) is 9.47 Å². The molecule has 2 heterocycles. The van der Waals surface area contributed by atoms with E-state index in [9.17, 15) is 9.59 Å². The largest absolute Gasteiger partial charge is 0.340 e. The molecule has 3 aromatic rings. The third kappa shape index (κ3) is 3.63. The van der Waals surface area contributed by atoms with Crippen LogP contribution >= 0.6 is 23.4 Å². The van der Waals surface area contributed by atoms with E-state index < -0.39 is 0 Å². The van der Waals surface area contributed by atoms with E-state index in [-0.39, 0.29) is 17.7 Å². The van der Waals surface area contributed by atoms with Gasteiger partial charge in [-0.1, -0.05) is 48.0 Å². The lowest BCUT2D eigenvalue weighted by Gasteiger charge is -2.09. The lowest BCUT2D eigenvalue weighted by Crippen LogP contribution is -2.27. The number of nitrogens with zero attached hydrogens (tertiary/aromatic N) is 2. The Balaban J connectivity index is 1.79. The molecule has 1 aliphatic heterocycles. The summed E-state index contributed by atoms with van der Waals surface area (Å²) in [5, 5.41) is 1.50. The highest BCUT2D eigenvalue weighted by Crippen LogP contribution is 2.35. The second-order valence-electron chi connectivity index (χ2n) is 6.81. The number of carbonyl (C=O) groups is 2. The van der Waals surface area contributed by atoms with Gasteiger partial charge in [0.1, 0.15) is 0 Å². The van der Waals surface area contributed by atoms with Gasteiger partial charge in [-0.15, -0.1) is 6.58 Å². The van der Waals surface area contributed by atoms with E-state index in [1.54, 1.807) is 6.08 Å². The van der Waals surface area contributed by atoms with Crippen LogP contribution in [0, 0.1) is 6.92 Å². The van der Waals surface area contributed by atoms with Crippen molar-refractivity contribution in [2.75, 3.05) is 6.54 Å². The summed E-state index contributed by atoms with van der Waals surface area (Å²) in [6, 6.07) is 15.9. The third-order valence-electron chi connectivity index (χ3n) is 4.99. The van der Waals surface area contributed by atoms with Crippen LogP contribution in [0.3, 0.4) is 0 Å². The minimum atomic E-state index is -0.270. The summed E-state index contributed by atoms with van der Waals surface area (Å²) in [7, 11) is 0. The molecule has 146 valence electrons. The Bertz CT molecular complexity index is 1160. The normalized spacial score (nSPS) is 15.7. The molecular formula is C23H19ClN2O2S. The van der Waals surface area contributed by atoms with Gasteiger partial charge in [0.15, 0.2) is 0 Å². The average Bonchev–Trinajstić information content (AvgIpc) is 3.13. The van der Waals surface area contributed by atoms with E-state index in [1.807, 2.05) is 55.5 Å². The Morgan fingerprint density at radius 1 is 1.10 bits per heavy atom. The fourth-order valence-electron chi connectivity index (χ4n) is 3.53. The lowest BCUT2D eigenvalue weighted by molar-refractivity contribution is -0.122. The number of hydrogen-bond donors (Lipinski definition) is 0. The molecule has 0 aliphatic carbocycles. The van der Waals surface area contributed by atoms with E-state index in [0.717, 1.165) is 39.5 Å². The maximum atomic E-state index is 12.6. The highest BCUT2D eigenvalue weighted by atomic mass is 35.5. The van der Waals surface area contributed by atoms with Crippen molar-refractivity contribution in [3.05, 3.63) is 87.9 Å². The van der Waals surface area contributed by atoms with Gasteiger partial charge in [-0.05, 0) is 48.5 Å². The number of thioether (sulfide) groups is 1. The summed E-state index contributed by atoms with van der Waals surface area (Å²) in [4.78, 5) is 26.5. The van der Waals surface area contributed by atoms with E-state index in [4.69, 9.17) is 11.6 Å². The molecule has 0 bridgehead atoms. The zero-order valence-electron chi connectivity index (χ0n) is 15.9. The van der Waals surface area contributed by atoms with Crippen LogP contribution in [0.25, 0.3) is 17.0 Å². The van der Waals surface area contributed by atoms with Crippen molar-refractivity contribution in [2.45, 2.75) is 13.5 Å². The van der Waals surface area contributed by atoms with Crippen molar-refractivity contribution in [3.8, 4) is 0 Å². The number of aromatic nitrogens is 1. The van der Waals surface area contributed by atoms with Crippen LogP contribution in [0.4, 0.5) is 4.79 Å². The van der Waals surface area contributed by atoms with Crippen LogP contribution in [0.5, 0.6) is 0 Å². The van der Waals surface area contributed by atoms with Gasteiger partial charge in [0, 0.05) is 40.3 Å². The number of hydrogen-bond acceptors (Lipinski definition) is 3. The molecule has 0 spiro atoms. The first-order chi connectivity index (χ1) is 14.0. The van der Waals surface area contributed by atoms with Crippen molar-refractivity contribution in [3.63, 3.8) is 0 Å². The zero-order valence-corrected chi connectivity index (χ0v) is 17.5. The van der Waals surface area contributed by atoms with Gasteiger partial charge in [0.2, 0.25) is 0 Å². The van der Waals surface area contributed by atoms with Crippen LogP contribution in [0.1, 0.15) is 16.8 Å². The molecule has 0 radical (unpaired) electrons. The van der Waals surface area contributed by atoms with Crippen LogP contribution in [0.2, 0.25) is 5.02 Å². The number of fused-ring (bicyclic) bond motifs is 1. The smallest absolute Gasteiger partial charge is 0.293 e. The molecule has 4 nitrogen and oxygen atoms in total. The van der Waals surface area contributed by atoms with Crippen molar-refractivity contribution in [1.29, 1.82) is 0 Å². The molecule has 0 saturated carbocycles. The number of amides is 2. The molecule has 0 atom stereocenters. The summed E-state index contributed by atoms with van der Waals surface area (Å²) < 4.78 is 2.22. The summed E-state index contributed by atoms with van der Waals surface area (Å²) in [6.45, 7) is 6.57. The molecule has 1 aliphatic rings. The maximum Gasteiger partial charge on any atom is 0.293 e. The van der Waals surface area contributed by atoms with Gasteiger partial charge in [-0.25, -0.2) is 0 Å². The monoisotopic (exact) mass is 422 g/mol. The van der Waals surface area contributed by atoms with Gasteiger partial charge >= 0.3 is 0 Å². The van der Waals surface area contributed by atoms with E-state index in [2.05, 4.69) is 17.2 Å². The number of rotatable bonds is 5. The predicted molar refractivity (Wildman–Crippen MR) is 120 cm³/mol. The van der Waals surface area contributed by atoms with Crippen molar-refractivity contribution < 1.29 is 9.59 Å². The van der Waals surface area contributed by atoms with E-state index >= 15 is 0 Å². The number of carbonyl (C=O) groups excluding carboxylic acids is 2. The molecule has 1 aromatic heterocycles. The molecule has 29 heavy (non-hydrogen) atoms. The number of para-hydroxylation sites is 1. The molecule has 4 rings (SSSR count). The minimum Gasteiger partial charge on any atom is -0.340 e. The minimum absolute atomic E-state index is 0.222. The van der Waals surface area contributed by atoms with Crippen molar-refractivity contribution in [2.24, 2.45) is 0 Å². The van der Waals surface area contributed by atoms with Gasteiger partial charge in [0.05, 0.1) is 4.91 Å². The van der Waals surface area contributed by atoms with Gasteiger partial charge in [-0.3, -0.25) is 14.5 Å². The van der Waals surface area contributed by atoms with Crippen LogP contribution in [-0.2, 0) is 11.3 Å². The Morgan fingerprint density at radius 2 is 1.83 bits per heavy atom. The number of imide groups is 1. The lowest BCUT2D eigenvalue weighted by atomic mass is 10.1. The number of benzene rings is 2. The summed E-state index contributed by atoms with van der Waals surface area (Å²) in [5.74, 6) is -0.270. The average molecular weight is 423 g/mol. The molecule has 0 N–H and O–H groups in total. The predicted octanol–water partition coefficient (Wildman–Crippen LogP) is 5.87. The Hall–Kier alpha value is -2.76. The summed E-state index contributed by atoms with van der Waals surface area (Å²) in [5.41, 5.74) is 4.21. The molecule has 2 amide bonds. The molecule has 6 heteroatoms. The maximum absolute atomic E-state index is 12.6. The van der Waals surface area contributed by atoms with Crippen LogP contribution < -0.4 is 0 Å². The molecule has 0 unspecified atom stereocenters. The number of halogens is 1. The van der Waals surface area contributed by atoms with Gasteiger partial charge < -0.3 is 4.57 Å². The van der Waals surface area contributed by atoms with E-state index in [1.165, 1.54) is 4.90 Å². The van der Waals surface area contributed by atoms with Crippen LogP contribution in [0.15, 0.2) is 66.1 Å². The zero-order chi connectivity index (χ0) is 20.5. The summed E-state index contributed by atoms with van der Waals surface area (Å²) >= 11 is 6.99. The molecular weight excluding hydrogens is 404 g/mol. The standard InChI is InChI=1S/C23H19ClN2O2S/c1-3-12-25-22(27)21(29-23(25)28)13-19-15(2)26(20-7-5-4-6-18(19)20)14-16-8-10-17(24)11-9-16/h3-11,13H,1,12,14H2,2H3/b21-13+. The van der Waals surface area contributed by atoms with Crippen LogP contribution in [-0.4, -0.2) is 27.2 Å². The fourth-order valence-corrected chi connectivity index (χ4v) is 4.49. The third-order valence-corrected chi connectivity index (χ3v) is 6.15. The highest BCUT2D eigenvalue weighted by molar-refractivity contribution is 8.18. The fraction of sp³-hybridized carbons (Fsp3) is 0.130. The quantitative estimate of drug-likeness (QED) is 0.381. The Kier molecular flexibility index (Phi) is 5.35. The van der Waals surface area contributed by atoms with E-state index in [0.29, 0.717) is 16.5 Å². The second kappa shape index (κ2) is 7.93. The second-order valence-corrected chi connectivity index (χ2v) is 8.24.